The van der Waals surface area contributed by atoms with Gasteiger partial charge in [0.15, 0.2) is 0 Å². The zero-order chi connectivity index (χ0) is 15.5. The largest absolute Gasteiger partial charge is 0.375 e. The van der Waals surface area contributed by atoms with Gasteiger partial charge in [-0.2, -0.15) is 0 Å². The van der Waals surface area contributed by atoms with Crippen LogP contribution in [0.25, 0.3) is 0 Å². The molecule has 1 aliphatic heterocycles. The van der Waals surface area contributed by atoms with Gasteiger partial charge in [-0.1, -0.05) is 23.7 Å². The Morgan fingerprint density at radius 2 is 1.81 bits per heavy atom. The Kier molecular flexibility index (Phi) is 5.66. The molecule has 21 heavy (non-hydrogen) atoms. The minimum absolute atomic E-state index is 0.0277. The van der Waals surface area contributed by atoms with Crippen molar-refractivity contribution in [1.29, 1.82) is 0 Å². The molecule has 1 aromatic rings. The first-order valence-corrected chi connectivity index (χ1v) is 9.23. The van der Waals surface area contributed by atoms with Crippen LogP contribution in [0.1, 0.15) is 32.3 Å². The van der Waals surface area contributed by atoms with Crippen molar-refractivity contribution in [3.63, 3.8) is 0 Å². The first-order valence-electron chi connectivity index (χ1n) is 7.24. The number of hydrogen-bond donors (Lipinski definition) is 0. The fourth-order valence-corrected chi connectivity index (χ4v) is 4.20. The molecule has 1 aliphatic rings. The summed E-state index contributed by atoms with van der Waals surface area (Å²) in [5, 5.41) is 0.614. The quantitative estimate of drug-likeness (QED) is 0.833. The minimum atomic E-state index is -3.27. The van der Waals surface area contributed by atoms with E-state index in [-0.39, 0.29) is 18.0 Å². The average Bonchev–Trinajstić information content (AvgIpc) is 2.41. The summed E-state index contributed by atoms with van der Waals surface area (Å²) in [5.41, 5.74) is 0.764. The lowest BCUT2D eigenvalue weighted by atomic mass is 10.1. The normalized spacial score (nSPS) is 18.3. The molecule has 2 rings (SSSR count). The summed E-state index contributed by atoms with van der Waals surface area (Å²) < 4.78 is 32.2. The summed E-state index contributed by atoms with van der Waals surface area (Å²) in [6, 6.07) is 6.95. The number of sulfonamides is 1. The Morgan fingerprint density at radius 1 is 1.24 bits per heavy atom. The Balaban J connectivity index is 1.93. The van der Waals surface area contributed by atoms with E-state index in [1.807, 2.05) is 13.8 Å². The lowest BCUT2D eigenvalue weighted by molar-refractivity contribution is -0.0168. The van der Waals surface area contributed by atoms with E-state index < -0.39 is 10.0 Å². The first-order chi connectivity index (χ1) is 9.87. The molecule has 0 bridgehead atoms. The van der Waals surface area contributed by atoms with Crippen LogP contribution in [0, 0.1) is 0 Å². The second-order valence-corrected chi connectivity index (χ2v) is 8.07. The second-order valence-electron chi connectivity index (χ2n) is 5.67. The second kappa shape index (κ2) is 7.09. The maximum absolute atomic E-state index is 12.4. The molecule has 1 aromatic carbocycles. The van der Waals surface area contributed by atoms with Gasteiger partial charge in [-0.15, -0.1) is 0 Å². The Labute approximate surface area is 132 Å². The van der Waals surface area contributed by atoms with Crippen LogP contribution in [-0.4, -0.2) is 38.0 Å². The molecule has 0 radical (unpaired) electrons. The van der Waals surface area contributed by atoms with Crippen LogP contribution in [0.3, 0.4) is 0 Å². The number of hydrogen-bond acceptors (Lipinski definition) is 3. The Morgan fingerprint density at radius 3 is 2.33 bits per heavy atom. The summed E-state index contributed by atoms with van der Waals surface area (Å²) in [5.74, 6) is 0.0277. The molecule has 0 aromatic heterocycles. The molecule has 6 heteroatoms. The molecule has 0 atom stereocenters. The summed E-state index contributed by atoms with van der Waals surface area (Å²) in [6.45, 7) is 5.08. The third kappa shape index (κ3) is 4.95. The van der Waals surface area contributed by atoms with Gasteiger partial charge in [-0.25, -0.2) is 12.7 Å². The van der Waals surface area contributed by atoms with Crippen molar-refractivity contribution in [2.75, 3.05) is 13.1 Å². The highest BCUT2D eigenvalue weighted by molar-refractivity contribution is 7.88. The number of halogens is 1. The molecule has 0 saturated carbocycles. The lowest BCUT2D eigenvalue weighted by Gasteiger charge is -2.32. The fraction of sp³-hybridized carbons (Fsp3) is 0.600. The molecular weight excluding hydrogens is 310 g/mol. The van der Waals surface area contributed by atoms with E-state index in [2.05, 4.69) is 0 Å². The molecule has 1 heterocycles. The highest BCUT2D eigenvalue weighted by atomic mass is 35.5. The van der Waals surface area contributed by atoms with Gasteiger partial charge in [0, 0.05) is 18.1 Å². The van der Waals surface area contributed by atoms with E-state index in [0.717, 1.165) is 18.4 Å². The third-order valence-corrected chi connectivity index (χ3v) is 5.62. The van der Waals surface area contributed by atoms with Crippen LogP contribution in [0.15, 0.2) is 24.3 Å². The number of nitrogens with zero attached hydrogens (tertiary/aromatic N) is 1. The first kappa shape index (κ1) is 16.7. The van der Waals surface area contributed by atoms with Crippen LogP contribution in [0.4, 0.5) is 0 Å². The van der Waals surface area contributed by atoms with Crippen molar-refractivity contribution in [2.45, 2.75) is 44.6 Å². The highest BCUT2D eigenvalue weighted by Gasteiger charge is 2.28. The molecule has 0 aliphatic carbocycles. The number of rotatable bonds is 5. The van der Waals surface area contributed by atoms with Crippen molar-refractivity contribution in [3.05, 3.63) is 34.9 Å². The van der Waals surface area contributed by atoms with Crippen LogP contribution < -0.4 is 0 Å². The van der Waals surface area contributed by atoms with E-state index in [9.17, 15) is 8.42 Å². The van der Waals surface area contributed by atoms with Gasteiger partial charge in [0.05, 0.1) is 18.0 Å². The summed E-state index contributed by atoms with van der Waals surface area (Å²) in [6.07, 6.45) is 1.88. The van der Waals surface area contributed by atoms with E-state index in [1.165, 1.54) is 0 Å². The van der Waals surface area contributed by atoms with Gasteiger partial charge < -0.3 is 4.74 Å². The van der Waals surface area contributed by atoms with Crippen molar-refractivity contribution < 1.29 is 13.2 Å². The van der Waals surface area contributed by atoms with E-state index in [1.54, 1.807) is 28.6 Å². The summed E-state index contributed by atoms with van der Waals surface area (Å²) in [4.78, 5) is 0. The van der Waals surface area contributed by atoms with Gasteiger partial charge in [0.1, 0.15) is 0 Å². The van der Waals surface area contributed by atoms with Crippen LogP contribution >= 0.6 is 11.6 Å². The van der Waals surface area contributed by atoms with Crippen molar-refractivity contribution in [2.24, 2.45) is 0 Å². The zero-order valence-electron chi connectivity index (χ0n) is 12.5. The lowest BCUT2D eigenvalue weighted by Crippen LogP contribution is -2.41. The van der Waals surface area contributed by atoms with Crippen molar-refractivity contribution >= 4 is 21.6 Å². The van der Waals surface area contributed by atoms with Crippen molar-refractivity contribution in [1.82, 2.24) is 4.31 Å². The predicted octanol–water partition coefficient (Wildman–Crippen LogP) is 3.06. The molecule has 1 fully saturated rings. The third-order valence-electron chi connectivity index (χ3n) is 3.52. The standard InChI is InChI=1S/C15H22ClNO3S/c1-12(2)20-15-7-9-17(10-8-15)21(18,19)11-13-3-5-14(16)6-4-13/h3-6,12,15H,7-11H2,1-2H3. The van der Waals surface area contributed by atoms with Gasteiger partial charge >= 0.3 is 0 Å². The molecular formula is C15H22ClNO3S. The minimum Gasteiger partial charge on any atom is -0.375 e. The number of benzene rings is 1. The molecule has 0 spiro atoms. The van der Waals surface area contributed by atoms with Crippen LogP contribution in [0.5, 0.6) is 0 Å². The van der Waals surface area contributed by atoms with Gasteiger partial charge in [-0.3, -0.25) is 0 Å². The Hall–Kier alpha value is -0.620. The zero-order valence-corrected chi connectivity index (χ0v) is 14.0. The fourth-order valence-electron chi connectivity index (χ4n) is 2.51. The predicted molar refractivity (Wildman–Crippen MR) is 84.9 cm³/mol. The molecule has 4 nitrogen and oxygen atoms in total. The van der Waals surface area contributed by atoms with E-state index in [4.69, 9.17) is 16.3 Å². The molecule has 1 saturated heterocycles. The molecule has 118 valence electrons. The SMILES string of the molecule is CC(C)OC1CCN(S(=O)(=O)Cc2ccc(Cl)cc2)CC1. The van der Waals surface area contributed by atoms with E-state index >= 15 is 0 Å². The van der Waals surface area contributed by atoms with E-state index in [0.29, 0.717) is 18.1 Å². The maximum atomic E-state index is 12.4. The maximum Gasteiger partial charge on any atom is 0.218 e. The van der Waals surface area contributed by atoms with Gasteiger partial charge in [-0.05, 0) is 44.4 Å². The number of piperidine rings is 1. The van der Waals surface area contributed by atoms with Gasteiger partial charge in [0.2, 0.25) is 10.0 Å². The topological polar surface area (TPSA) is 46.6 Å². The van der Waals surface area contributed by atoms with Crippen molar-refractivity contribution in [3.8, 4) is 0 Å². The van der Waals surface area contributed by atoms with Gasteiger partial charge in [0.25, 0.3) is 0 Å². The van der Waals surface area contributed by atoms with Crippen LogP contribution in [-0.2, 0) is 20.5 Å². The number of ether oxygens (including phenoxy) is 1. The smallest absolute Gasteiger partial charge is 0.218 e. The molecule has 0 N–H and O–H groups in total. The summed E-state index contributed by atoms with van der Waals surface area (Å²) >= 11 is 5.82. The highest BCUT2D eigenvalue weighted by Crippen LogP contribution is 2.21. The Bertz CT molecular complexity index is 549. The molecule has 0 amide bonds. The average molecular weight is 332 g/mol. The monoisotopic (exact) mass is 331 g/mol. The molecule has 0 unspecified atom stereocenters. The van der Waals surface area contributed by atoms with Crippen LogP contribution in [0.2, 0.25) is 5.02 Å². The summed E-state index contributed by atoms with van der Waals surface area (Å²) in [7, 11) is -3.27.